The van der Waals surface area contributed by atoms with E-state index in [2.05, 4.69) is 10.6 Å². The fourth-order valence-electron chi connectivity index (χ4n) is 3.52. The van der Waals surface area contributed by atoms with E-state index in [0.717, 1.165) is 16.2 Å². The monoisotopic (exact) mass is 425 g/mol. The van der Waals surface area contributed by atoms with Gasteiger partial charge in [-0.25, -0.2) is 9.69 Å². The number of anilines is 1. The van der Waals surface area contributed by atoms with Crippen molar-refractivity contribution in [3.8, 4) is 11.5 Å². The number of hydrogen-bond acceptors (Lipinski definition) is 5. The van der Waals surface area contributed by atoms with Gasteiger partial charge in [0.15, 0.2) is 0 Å². The van der Waals surface area contributed by atoms with E-state index >= 15 is 0 Å². The molecular formula is C23H27N3O5. The summed E-state index contributed by atoms with van der Waals surface area (Å²) in [7, 11) is 3.10. The Morgan fingerprint density at radius 2 is 1.77 bits per heavy atom. The maximum Gasteiger partial charge on any atom is 0.325 e. The lowest BCUT2D eigenvalue weighted by Crippen LogP contribution is -2.48. The minimum Gasteiger partial charge on any atom is -0.497 e. The summed E-state index contributed by atoms with van der Waals surface area (Å²) in [6, 6.07) is 12.9. The molecule has 164 valence electrons. The molecule has 0 spiro atoms. The molecule has 8 heteroatoms. The van der Waals surface area contributed by atoms with Crippen molar-refractivity contribution in [2.75, 3.05) is 19.5 Å². The Morgan fingerprint density at radius 3 is 2.42 bits per heavy atom. The van der Waals surface area contributed by atoms with Crippen LogP contribution in [0.3, 0.4) is 0 Å². The van der Waals surface area contributed by atoms with E-state index in [0.29, 0.717) is 24.3 Å². The number of amides is 4. The van der Waals surface area contributed by atoms with Gasteiger partial charge in [0, 0.05) is 0 Å². The highest BCUT2D eigenvalue weighted by atomic mass is 16.5. The third kappa shape index (κ3) is 4.63. The standard InChI is InChI=1S/C23H27N3O5/c1-15(20(27)24-18-7-5-6-8-19(18)31-4)26-21(28)23(2,25-22(26)29)14-13-16-9-11-17(30-3)12-10-16/h5-12,15H,13-14H2,1-4H3,(H,24,27)(H,25,29)/t15-,23-/m1/s1. The first-order chi connectivity index (χ1) is 14.8. The van der Waals surface area contributed by atoms with E-state index in [1.807, 2.05) is 24.3 Å². The van der Waals surface area contributed by atoms with Crippen LogP contribution in [0, 0.1) is 0 Å². The van der Waals surface area contributed by atoms with Crippen LogP contribution in [0.1, 0.15) is 25.8 Å². The topological polar surface area (TPSA) is 97.0 Å². The summed E-state index contributed by atoms with van der Waals surface area (Å²) in [5, 5.41) is 5.48. The summed E-state index contributed by atoms with van der Waals surface area (Å²) < 4.78 is 10.4. The van der Waals surface area contributed by atoms with Gasteiger partial charge in [-0.2, -0.15) is 0 Å². The lowest BCUT2D eigenvalue weighted by Gasteiger charge is -2.24. The molecule has 2 atom stereocenters. The number of nitrogens with one attached hydrogen (secondary N) is 2. The first-order valence-corrected chi connectivity index (χ1v) is 10.0. The Morgan fingerprint density at radius 1 is 1.10 bits per heavy atom. The summed E-state index contributed by atoms with van der Waals surface area (Å²) in [5.41, 5.74) is 0.399. The maximum atomic E-state index is 13.1. The fourth-order valence-corrected chi connectivity index (χ4v) is 3.52. The third-order valence-electron chi connectivity index (χ3n) is 5.50. The van der Waals surface area contributed by atoms with E-state index in [1.165, 1.54) is 14.0 Å². The summed E-state index contributed by atoms with van der Waals surface area (Å²) >= 11 is 0. The van der Waals surface area contributed by atoms with Crippen molar-refractivity contribution in [3.05, 3.63) is 54.1 Å². The quantitative estimate of drug-likeness (QED) is 0.634. The lowest BCUT2D eigenvalue weighted by atomic mass is 9.93. The molecule has 0 unspecified atom stereocenters. The average molecular weight is 425 g/mol. The molecule has 3 rings (SSSR count). The number of ether oxygens (including phenoxy) is 2. The summed E-state index contributed by atoms with van der Waals surface area (Å²) in [6.45, 7) is 3.21. The van der Waals surface area contributed by atoms with Crippen LogP contribution in [0.4, 0.5) is 10.5 Å². The maximum absolute atomic E-state index is 13.1. The highest BCUT2D eigenvalue weighted by Crippen LogP contribution is 2.27. The van der Waals surface area contributed by atoms with Gasteiger partial charge in [0.05, 0.1) is 19.9 Å². The number of benzene rings is 2. The van der Waals surface area contributed by atoms with Gasteiger partial charge in [-0.1, -0.05) is 24.3 Å². The van der Waals surface area contributed by atoms with Gasteiger partial charge < -0.3 is 20.1 Å². The fraction of sp³-hybridized carbons (Fsp3) is 0.348. The Kier molecular flexibility index (Phi) is 6.48. The smallest absolute Gasteiger partial charge is 0.325 e. The van der Waals surface area contributed by atoms with E-state index in [-0.39, 0.29) is 0 Å². The third-order valence-corrected chi connectivity index (χ3v) is 5.50. The Balaban J connectivity index is 1.68. The number of methoxy groups -OCH3 is 2. The van der Waals surface area contributed by atoms with Crippen LogP contribution in [0.15, 0.2) is 48.5 Å². The molecule has 1 fully saturated rings. The Labute approximate surface area is 181 Å². The van der Waals surface area contributed by atoms with Crippen molar-refractivity contribution in [2.24, 2.45) is 0 Å². The van der Waals surface area contributed by atoms with Gasteiger partial charge in [-0.15, -0.1) is 0 Å². The van der Waals surface area contributed by atoms with Gasteiger partial charge in [0.2, 0.25) is 5.91 Å². The normalized spacial score (nSPS) is 19.0. The van der Waals surface area contributed by atoms with Crippen LogP contribution in [-0.2, 0) is 16.0 Å². The highest BCUT2D eigenvalue weighted by Gasteiger charge is 2.50. The Bertz CT molecular complexity index is 975. The number of nitrogens with zero attached hydrogens (tertiary/aromatic N) is 1. The number of urea groups is 1. The SMILES string of the molecule is COc1ccc(CC[C@@]2(C)NC(=O)N([C@H](C)C(=O)Nc3ccccc3OC)C2=O)cc1. The molecule has 1 aliphatic heterocycles. The van der Waals surface area contributed by atoms with Gasteiger partial charge in [-0.05, 0) is 56.5 Å². The minimum absolute atomic E-state index is 0.404. The molecule has 2 N–H and O–H groups in total. The predicted octanol–water partition coefficient (Wildman–Crippen LogP) is 2.97. The summed E-state index contributed by atoms with van der Waals surface area (Å²) in [5.74, 6) is 0.340. The van der Waals surface area contributed by atoms with E-state index in [1.54, 1.807) is 38.3 Å². The molecule has 1 aliphatic rings. The van der Waals surface area contributed by atoms with Crippen molar-refractivity contribution >= 4 is 23.5 Å². The largest absolute Gasteiger partial charge is 0.497 e. The molecular weight excluding hydrogens is 398 g/mol. The van der Waals surface area contributed by atoms with Gasteiger partial charge >= 0.3 is 6.03 Å². The lowest BCUT2D eigenvalue weighted by molar-refractivity contribution is -0.136. The zero-order valence-corrected chi connectivity index (χ0v) is 18.1. The second kappa shape index (κ2) is 9.07. The zero-order valence-electron chi connectivity index (χ0n) is 18.1. The average Bonchev–Trinajstić information content (AvgIpc) is 3.00. The minimum atomic E-state index is -1.09. The van der Waals surface area contributed by atoms with Crippen LogP contribution >= 0.6 is 0 Å². The molecule has 1 heterocycles. The molecule has 0 saturated carbocycles. The number of hydrogen-bond donors (Lipinski definition) is 2. The van der Waals surface area contributed by atoms with Crippen LogP contribution in [0.2, 0.25) is 0 Å². The van der Waals surface area contributed by atoms with E-state index < -0.39 is 29.4 Å². The van der Waals surface area contributed by atoms with Crippen LogP contribution in [0.25, 0.3) is 0 Å². The molecule has 2 aromatic carbocycles. The first kappa shape index (κ1) is 22.1. The summed E-state index contributed by atoms with van der Waals surface area (Å²) in [6.07, 6.45) is 0.989. The number of carbonyl (C=O) groups excluding carboxylic acids is 3. The van der Waals surface area contributed by atoms with E-state index in [4.69, 9.17) is 9.47 Å². The number of rotatable bonds is 8. The highest BCUT2D eigenvalue weighted by molar-refractivity contribution is 6.11. The van der Waals surface area contributed by atoms with Crippen molar-refractivity contribution in [1.29, 1.82) is 0 Å². The molecule has 0 bridgehead atoms. The number of aryl methyl sites for hydroxylation is 1. The van der Waals surface area contributed by atoms with E-state index in [9.17, 15) is 14.4 Å². The number of carbonyl (C=O) groups is 3. The molecule has 0 aliphatic carbocycles. The molecule has 0 radical (unpaired) electrons. The van der Waals surface area contributed by atoms with Gasteiger partial charge in [0.25, 0.3) is 5.91 Å². The van der Waals surface area contributed by atoms with Crippen molar-refractivity contribution < 1.29 is 23.9 Å². The van der Waals surface area contributed by atoms with Crippen molar-refractivity contribution in [1.82, 2.24) is 10.2 Å². The molecule has 1 saturated heterocycles. The predicted molar refractivity (Wildman–Crippen MR) is 116 cm³/mol. The molecule has 8 nitrogen and oxygen atoms in total. The second-order valence-electron chi connectivity index (χ2n) is 7.65. The second-order valence-corrected chi connectivity index (χ2v) is 7.65. The van der Waals surface area contributed by atoms with Crippen molar-refractivity contribution in [2.45, 2.75) is 38.3 Å². The van der Waals surface area contributed by atoms with Gasteiger partial charge in [-0.3, -0.25) is 9.59 Å². The summed E-state index contributed by atoms with van der Waals surface area (Å²) in [4.78, 5) is 39.4. The molecule has 31 heavy (non-hydrogen) atoms. The van der Waals surface area contributed by atoms with Crippen molar-refractivity contribution in [3.63, 3.8) is 0 Å². The molecule has 0 aromatic heterocycles. The van der Waals surface area contributed by atoms with Crippen LogP contribution < -0.4 is 20.1 Å². The zero-order chi connectivity index (χ0) is 22.6. The molecule has 2 aromatic rings. The molecule has 4 amide bonds. The number of imide groups is 1. The number of para-hydroxylation sites is 2. The Hall–Kier alpha value is -3.55. The first-order valence-electron chi connectivity index (χ1n) is 10.0. The van der Waals surface area contributed by atoms with Crippen LogP contribution in [0.5, 0.6) is 11.5 Å². The van der Waals surface area contributed by atoms with Gasteiger partial charge in [0.1, 0.15) is 23.1 Å². The van der Waals surface area contributed by atoms with Crippen LogP contribution in [-0.4, -0.2) is 48.5 Å².